The number of rotatable bonds is 5. The van der Waals surface area contributed by atoms with Crippen LogP contribution in [-0.2, 0) is 20.8 Å². The molecule has 3 aromatic rings. The van der Waals surface area contributed by atoms with Crippen molar-refractivity contribution < 1.29 is 38.1 Å². The standard InChI is InChI=1S/C25H19F2NO6/c1-33-16-11-28-12-17-19(16)24(32)20(22(29)30)18(13-5-3-2-4-6-13)25(34-17,23(24)31)15-9-7-14(8-10-15)21(26)27/h2-12,18,20-21,32H,1H3,(H,29,30)/t18-,20-,24+,25-/m1/s1. The van der Waals surface area contributed by atoms with Crippen molar-refractivity contribution in [3.05, 3.63) is 89.2 Å². The number of carboxylic acids is 1. The largest absolute Gasteiger partial charge is 0.495 e. The summed E-state index contributed by atoms with van der Waals surface area (Å²) in [5.74, 6) is -5.24. The van der Waals surface area contributed by atoms with E-state index >= 15 is 0 Å². The number of aliphatic carboxylic acids is 1. The Bertz CT molecular complexity index is 1280. The summed E-state index contributed by atoms with van der Waals surface area (Å²) in [6, 6.07) is 13.3. The first-order valence-corrected chi connectivity index (χ1v) is 10.4. The van der Waals surface area contributed by atoms with E-state index in [1.165, 1.54) is 31.6 Å². The van der Waals surface area contributed by atoms with Crippen LogP contribution in [0.1, 0.15) is 34.6 Å². The third-order valence-corrected chi connectivity index (χ3v) is 6.67. The maximum absolute atomic E-state index is 14.1. The molecule has 9 heteroatoms. The zero-order valence-electron chi connectivity index (χ0n) is 17.8. The number of halogens is 2. The van der Waals surface area contributed by atoms with Crippen molar-refractivity contribution in [1.82, 2.24) is 4.98 Å². The van der Waals surface area contributed by atoms with Crippen LogP contribution in [0.5, 0.6) is 11.5 Å². The first-order valence-electron chi connectivity index (χ1n) is 10.4. The molecular formula is C25H19F2NO6. The number of aliphatic hydroxyl groups is 1. The Morgan fingerprint density at radius 1 is 1.12 bits per heavy atom. The Morgan fingerprint density at radius 3 is 2.38 bits per heavy atom. The second kappa shape index (κ2) is 7.59. The number of ether oxygens (including phenoxy) is 2. The Kier molecular flexibility index (Phi) is 4.91. The van der Waals surface area contributed by atoms with Crippen LogP contribution in [0.15, 0.2) is 67.0 Å². The number of nitrogens with zero attached hydrogens (tertiary/aromatic N) is 1. The van der Waals surface area contributed by atoms with Crippen LogP contribution in [0.25, 0.3) is 0 Å². The molecule has 0 saturated heterocycles. The molecule has 2 aromatic carbocycles. The zero-order valence-corrected chi connectivity index (χ0v) is 17.8. The summed E-state index contributed by atoms with van der Waals surface area (Å²) >= 11 is 0. The number of benzene rings is 2. The average molecular weight is 467 g/mol. The van der Waals surface area contributed by atoms with Gasteiger partial charge < -0.3 is 19.7 Å². The molecule has 1 saturated carbocycles. The Morgan fingerprint density at radius 2 is 1.79 bits per heavy atom. The van der Waals surface area contributed by atoms with Gasteiger partial charge >= 0.3 is 5.97 Å². The molecule has 1 aliphatic heterocycles. The van der Waals surface area contributed by atoms with Crippen LogP contribution >= 0.6 is 0 Å². The fraction of sp³-hybridized carbons (Fsp3) is 0.240. The van der Waals surface area contributed by atoms with E-state index in [1.54, 1.807) is 30.3 Å². The lowest BCUT2D eigenvalue weighted by Gasteiger charge is -2.39. The second-order valence-electron chi connectivity index (χ2n) is 8.28. The Labute approximate surface area is 192 Å². The number of carbonyl (C=O) groups is 2. The van der Waals surface area contributed by atoms with Gasteiger partial charge in [0.1, 0.15) is 17.4 Å². The van der Waals surface area contributed by atoms with Gasteiger partial charge in [0.25, 0.3) is 6.43 Å². The summed E-state index contributed by atoms with van der Waals surface area (Å²) in [5.41, 5.74) is -4.37. The van der Waals surface area contributed by atoms with Gasteiger partial charge in [0, 0.05) is 11.1 Å². The topological polar surface area (TPSA) is 106 Å². The molecule has 2 N–H and O–H groups in total. The van der Waals surface area contributed by atoms with Crippen LogP contribution in [-0.4, -0.2) is 34.1 Å². The van der Waals surface area contributed by atoms with Crippen molar-refractivity contribution in [2.45, 2.75) is 23.5 Å². The highest BCUT2D eigenvalue weighted by atomic mass is 19.3. The molecule has 2 bridgehead atoms. The molecule has 0 radical (unpaired) electrons. The first kappa shape index (κ1) is 22.0. The summed E-state index contributed by atoms with van der Waals surface area (Å²) in [6.45, 7) is 0. The number of Topliss-reactive ketones (excluding diaryl/α,β-unsaturated/α-hetero) is 1. The molecule has 34 heavy (non-hydrogen) atoms. The number of fused-ring (bicyclic) bond motifs is 4. The van der Waals surface area contributed by atoms with Gasteiger partial charge in [0.05, 0.1) is 31.0 Å². The monoisotopic (exact) mass is 467 g/mol. The number of ketones is 1. The third kappa shape index (κ3) is 2.73. The van der Waals surface area contributed by atoms with E-state index in [2.05, 4.69) is 4.98 Å². The third-order valence-electron chi connectivity index (χ3n) is 6.67. The molecule has 2 heterocycles. The molecule has 1 fully saturated rings. The van der Waals surface area contributed by atoms with Crippen LogP contribution in [0.3, 0.4) is 0 Å². The number of aromatic nitrogens is 1. The molecule has 4 atom stereocenters. The molecule has 0 spiro atoms. The number of pyridine rings is 1. The van der Waals surface area contributed by atoms with Gasteiger partial charge in [-0.2, -0.15) is 0 Å². The van der Waals surface area contributed by atoms with Crippen LogP contribution in [0.4, 0.5) is 8.78 Å². The highest BCUT2D eigenvalue weighted by molar-refractivity contribution is 6.07. The van der Waals surface area contributed by atoms with Gasteiger partial charge in [-0.05, 0) is 5.56 Å². The quantitative estimate of drug-likeness (QED) is 0.591. The predicted molar refractivity (Wildman–Crippen MR) is 114 cm³/mol. The smallest absolute Gasteiger partial charge is 0.311 e. The van der Waals surface area contributed by atoms with E-state index < -0.39 is 41.2 Å². The van der Waals surface area contributed by atoms with E-state index in [0.717, 1.165) is 12.1 Å². The predicted octanol–water partition coefficient (Wildman–Crippen LogP) is 3.57. The lowest BCUT2D eigenvalue weighted by Crippen LogP contribution is -2.51. The number of hydrogen-bond acceptors (Lipinski definition) is 6. The molecule has 5 rings (SSSR count). The minimum absolute atomic E-state index is 0.00467. The SMILES string of the molecule is COc1cncc2c1[C@@]1(O)C(=O)[C@](c3ccc(C(F)F)cc3)(O2)[C@H](c2ccccc2)[C@@H]1C(=O)O. The van der Waals surface area contributed by atoms with Crippen molar-refractivity contribution in [2.75, 3.05) is 7.11 Å². The van der Waals surface area contributed by atoms with Gasteiger partial charge in [0.2, 0.25) is 11.4 Å². The maximum atomic E-state index is 14.1. The van der Waals surface area contributed by atoms with Crippen molar-refractivity contribution in [3.63, 3.8) is 0 Å². The van der Waals surface area contributed by atoms with Gasteiger partial charge in [-0.3, -0.25) is 14.6 Å². The van der Waals surface area contributed by atoms with Gasteiger partial charge in [-0.25, -0.2) is 8.78 Å². The van der Waals surface area contributed by atoms with Crippen molar-refractivity contribution in [2.24, 2.45) is 5.92 Å². The summed E-state index contributed by atoms with van der Waals surface area (Å²) in [4.78, 5) is 30.8. The van der Waals surface area contributed by atoms with Gasteiger partial charge in [-0.15, -0.1) is 0 Å². The first-order chi connectivity index (χ1) is 16.3. The number of alkyl halides is 2. The summed E-state index contributed by atoms with van der Waals surface area (Å²) in [7, 11) is 1.30. The summed E-state index contributed by atoms with van der Waals surface area (Å²) < 4.78 is 38.0. The van der Waals surface area contributed by atoms with E-state index in [1.807, 2.05) is 0 Å². The normalized spacial score (nSPS) is 27.3. The lowest BCUT2D eigenvalue weighted by molar-refractivity contribution is -0.161. The second-order valence-corrected chi connectivity index (χ2v) is 8.28. The maximum Gasteiger partial charge on any atom is 0.311 e. The summed E-state index contributed by atoms with van der Waals surface area (Å²) in [5, 5.41) is 22.3. The zero-order chi connectivity index (χ0) is 24.3. The average Bonchev–Trinajstić information content (AvgIpc) is 2.97. The number of hydrogen-bond donors (Lipinski definition) is 2. The van der Waals surface area contributed by atoms with Gasteiger partial charge in [0.15, 0.2) is 5.60 Å². The molecule has 0 amide bonds. The van der Waals surface area contributed by atoms with E-state index in [9.17, 15) is 28.6 Å². The molecule has 0 unspecified atom stereocenters. The molecule has 1 aliphatic carbocycles. The summed E-state index contributed by atoms with van der Waals surface area (Å²) in [6.07, 6.45) is -0.211. The Balaban J connectivity index is 1.87. The minimum atomic E-state index is -2.74. The molecule has 174 valence electrons. The van der Waals surface area contributed by atoms with E-state index in [0.29, 0.717) is 5.56 Å². The van der Waals surface area contributed by atoms with Crippen molar-refractivity contribution in [1.29, 1.82) is 0 Å². The van der Waals surface area contributed by atoms with Crippen LogP contribution in [0.2, 0.25) is 0 Å². The Hall–Kier alpha value is -3.85. The van der Waals surface area contributed by atoms with Gasteiger partial charge in [-0.1, -0.05) is 54.6 Å². The molecule has 2 aliphatic rings. The fourth-order valence-electron chi connectivity index (χ4n) is 5.28. The van der Waals surface area contributed by atoms with Crippen LogP contribution in [0, 0.1) is 5.92 Å². The highest BCUT2D eigenvalue weighted by Gasteiger charge is 2.76. The van der Waals surface area contributed by atoms with E-state index in [-0.39, 0.29) is 28.2 Å². The minimum Gasteiger partial charge on any atom is -0.495 e. The molecule has 1 aromatic heterocycles. The van der Waals surface area contributed by atoms with E-state index in [4.69, 9.17) is 9.47 Å². The molecule has 7 nitrogen and oxygen atoms in total. The van der Waals surface area contributed by atoms with Crippen molar-refractivity contribution >= 4 is 11.8 Å². The number of carboxylic acid groups (broad SMARTS) is 1. The van der Waals surface area contributed by atoms with Crippen molar-refractivity contribution in [3.8, 4) is 11.5 Å². The lowest BCUT2D eigenvalue weighted by atomic mass is 9.75. The fourth-order valence-corrected chi connectivity index (χ4v) is 5.28. The number of carbonyl (C=O) groups excluding carboxylic acids is 1. The van der Waals surface area contributed by atoms with Crippen LogP contribution < -0.4 is 9.47 Å². The highest BCUT2D eigenvalue weighted by Crippen LogP contribution is 2.65. The molecular weight excluding hydrogens is 448 g/mol. The number of methoxy groups -OCH3 is 1.